The van der Waals surface area contributed by atoms with E-state index in [1.807, 2.05) is 31.2 Å². The topological polar surface area (TPSA) is 67.4 Å². The van der Waals surface area contributed by atoms with Gasteiger partial charge < -0.3 is 15.4 Å². The van der Waals surface area contributed by atoms with Gasteiger partial charge in [0.1, 0.15) is 0 Å². The number of methoxy groups -OCH3 is 1. The van der Waals surface area contributed by atoms with Crippen LogP contribution in [0.5, 0.6) is 0 Å². The molecule has 0 fully saturated rings. The summed E-state index contributed by atoms with van der Waals surface area (Å²) in [6.45, 7) is 2.11. The second-order valence-electron chi connectivity index (χ2n) is 4.80. The van der Waals surface area contributed by atoms with E-state index in [2.05, 4.69) is 10.6 Å². The lowest BCUT2D eigenvalue weighted by molar-refractivity contribution is -0.114. The van der Waals surface area contributed by atoms with Crippen LogP contribution < -0.4 is 10.6 Å². The van der Waals surface area contributed by atoms with Gasteiger partial charge in [-0.05, 0) is 31.2 Å². The Labute approximate surface area is 129 Å². The first-order valence-electron chi connectivity index (χ1n) is 6.88. The van der Waals surface area contributed by atoms with Crippen molar-refractivity contribution >= 4 is 23.3 Å². The number of benzene rings is 2. The molecule has 0 spiro atoms. The van der Waals surface area contributed by atoms with Crippen LogP contribution in [0.25, 0.3) is 0 Å². The van der Waals surface area contributed by atoms with E-state index in [1.54, 1.807) is 24.3 Å². The Kier molecular flexibility index (Phi) is 5.14. The first kappa shape index (κ1) is 15.6. The zero-order chi connectivity index (χ0) is 15.9. The Morgan fingerprint density at radius 3 is 2.41 bits per heavy atom. The van der Waals surface area contributed by atoms with Gasteiger partial charge in [0.15, 0.2) is 0 Å². The summed E-state index contributed by atoms with van der Waals surface area (Å²) in [5, 5.41) is 5.73. The summed E-state index contributed by atoms with van der Waals surface area (Å²) in [5.74, 6) is -0.723. The molecular weight excluding hydrogens is 280 g/mol. The van der Waals surface area contributed by atoms with Gasteiger partial charge in [-0.1, -0.05) is 29.8 Å². The van der Waals surface area contributed by atoms with Crippen molar-refractivity contribution in [3.05, 3.63) is 59.7 Å². The number of amides is 1. The molecule has 0 heterocycles. The molecule has 1 amide bonds. The van der Waals surface area contributed by atoms with Crippen molar-refractivity contribution < 1.29 is 14.3 Å². The zero-order valence-corrected chi connectivity index (χ0v) is 12.6. The molecule has 0 aliphatic rings. The average Bonchev–Trinajstić information content (AvgIpc) is 2.54. The Hall–Kier alpha value is -2.82. The molecule has 114 valence electrons. The van der Waals surface area contributed by atoms with Gasteiger partial charge in [-0.15, -0.1) is 0 Å². The Morgan fingerprint density at radius 1 is 1.05 bits per heavy atom. The van der Waals surface area contributed by atoms with Gasteiger partial charge in [0, 0.05) is 5.69 Å². The highest BCUT2D eigenvalue weighted by Crippen LogP contribution is 2.16. The quantitative estimate of drug-likeness (QED) is 0.833. The lowest BCUT2D eigenvalue weighted by Crippen LogP contribution is -2.23. The Morgan fingerprint density at radius 2 is 1.73 bits per heavy atom. The number of anilines is 2. The van der Waals surface area contributed by atoms with E-state index in [9.17, 15) is 9.59 Å². The highest BCUT2D eigenvalue weighted by atomic mass is 16.5. The molecule has 0 unspecified atom stereocenters. The maximum atomic E-state index is 12.0. The minimum atomic E-state index is -0.484. The molecule has 5 nitrogen and oxygen atoms in total. The summed E-state index contributed by atoms with van der Waals surface area (Å²) in [7, 11) is 1.31. The van der Waals surface area contributed by atoms with Gasteiger partial charge in [0.25, 0.3) is 0 Å². The predicted octanol–water partition coefficient (Wildman–Crippen LogP) is 2.83. The fourth-order valence-electron chi connectivity index (χ4n) is 1.93. The third kappa shape index (κ3) is 4.09. The number of esters is 1. The molecule has 2 N–H and O–H groups in total. The molecule has 0 aliphatic carbocycles. The van der Waals surface area contributed by atoms with Gasteiger partial charge in [0.2, 0.25) is 5.91 Å². The van der Waals surface area contributed by atoms with Gasteiger partial charge in [-0.2, -0.15) is 0 Å². The van der Waals surface area contributed by atoms with Crippen LogP contribution in [0, 0.1) is 6.92 Å². The van der Waals surface area contributed by atoms with Crippen LogP contribution >= 0.6 is 0 Å². The van der Waals surface area contributed by atoms with E-state index in [0.29, 0.717) is 11.3 Å². The number of carbonyl (C=O) groups is 2. The van der Waals surface area contributed by atoms with Crippen molar-refractivity contribution in [1.82, 2.24) is 0 Å². The Balaban J connectivity index is 1.97. The van der Waals surface area contributed by atoms with Crippen LogP contribution in [0.15, 0.2) is 48.5 Å². The largest absolute Gasteiger partial charge is 0.465 e. The molecule has 0 aliphatic heterocycles. The predicted molar refractivity (Wildman–Crippen MR) is 86.1 cm³/mol. The maximum absolute atomic E-state index is 12.0. The maximum Gasteiger partial charge on any atom is 0.339 e. The van der Waals surface area contributed by atoms with E-state index < -0.39 is 5.97 Å². The number of ether oxygens (including phenoxy) is 1. The van der Waals surface area contributed by atoms with Crippen LogP contribution in [0.4, 0.5) is 11.4 Å². The lowest BCUT2D eigenvalue weighted by Gasteiger charge is -2.10. The first-order chi connectivity index (χ1) is 10.6. The van der Waals surface area contributed by atoms with Crippen LogP contribution in [0.1, 0.15) is 15.9 Å². The van der Waals surface area contributed by atoms with Crippen LogP contribution in [-0.2, 0) is 9.53 Å². The Bertz CT molecular complexity index is 666. The van der Waals surface area contributed by atoms with E-state index >= 15 is 0 Å². The molecule has 5 heteroatoms. The van der Waals surface area contributed by atoms with Gasteiger partial charge in [0.05, 0.1) is 24.9 Å². The summed E-state index contributed by atoms with van der Waals surface area (Å²) < 4.78 is 4.69. The van der Waals surface area contributed by atoms with Crippen molar-refractivity contribution in [2.24, 2.45) is 0 Å². The van der Waals surface area contributed by atoms with Crippen molar-refractivity contribution in [3.8, 4) is 0 Å². The fourth-order valence-corrected chi connectivity index (χ4v) is 1.93. The summed E-state index contributed by atoms with van der Waals surface area (Å²) in [6, 6.07) is 14.5. The van der Waals surface area contributed by atoms with Gasteiger partial charge in [-0.25, -0.2) is 4.79 Å². The minimum absolute atomic E-state index is 0.110. The molecule has 0 saturated heterocycles. The van der Waals surface area contributed by atoms with Crippen molar-refractivity contribution in [3.63, 3.8) is 0 Å². The number of para-hydroxylation sites is 1. The van der Waals surface area contributed by atoms with E-state index in [0.717, 1.165) is 11.3 Å². The third-order valence-electron chi connectivity index (χ3n) is 3.11. The van der Waals surface area contributed by atoms with Crippen molar-refractivity contribution in [2.75, 3.05) is 24.3 Å². The molecule has 0 saturated carbocycles. The van der Waals surface area contributed by atoms with Gasteiger partial charge in [-0.3, -0.25) is 4.79 Å². The number of hydrogen-bond donors (Lipinski definition) is 2. The van der Waals surface area contributed by atoms with Gasteiger partial charge >= 0.3 is 5.97 Å². The smallest absolute Gasteiger partial charge is 0.339 e. The number of hydrogen-bond acceptors (Lipinski definition) is 4. The molecule has 2 aromatic carbocycles. The summed E-state index contributed by atoms with van der Waals surface area (Å²) in [6.07, 6.45) is 0. The molecule has 22 heavy (non-hydrogen) atoms. The molecule has 0 atom stereocenters. The van der Waals surface area contributed by atoms with E-state index in [-0.39, 0.29) is 12.5 Å². The van der Waals surface area contributed by atoms with Crippen molar-refractivity contribution in [2.45, 2.75) is 6.92 Å². The average molecular weight is 298 g/mol. The monoisotopic (exact) mass is 298 g/mol. The number of aryl methyl sites for hydroxylation is 1. The van der Waals surface area contributed by atoms with E-state index in [1.165, 1.54) is 7.11 Å². The van der Waals surface area contributed by atoms with Crippen LogP contribution in [-0.4, -0.2) is 25.5 Å². The SMILES string of the molecule is COC(=O)c1ccccc1NC(=O)CNc1ccc(C)cc1. The second kappa shape index (κ2) is 7.26. The molecule has 2 aromatic rings. The fraction of sp³-hybridized carbons (Fsp3) is 0.176. The normalized spacial score (nSPS) is 9.91. The zero-order valence-electron chi connectivity index (χ0n) is 12.6. The van der Waals surface area contributed by atoms with E-state index in [4.69, 9.17) is 4.74 Å². The minimum Gasteiger partial charge on any atom is -0.465 e. The summed E-state index contributed by atoms with van der Waals surface area (Å²) >= 11 is 0. The summed E-state index contributed by atoms with van der Waals surface area (Å²) in [4.78, 5) is 23.6. The summed E-state index contributed by atoms with van der Waals surface area (Å²) in [5.41, 5.74) is 2.78. The highest BCUT2D eigenvalue weighted by Gasteiger charge is 2.12. The second-order valence-corrected chi connectivity index (χ2v) is 4.80. The van der Waals surface area contributed by atoms with Crippen LogP contribution in [0.2, 0.25) is 0 Å². The number of rotatable bonds is 5. The number of nitrogens with one attached hydrogen (secondary N) is 2. The van der Waals surface area contributed by atoms with Crippen LogP contribution in [0.3, 0.4) is 0 Å². The molecule has 0 radical (unpaired) electrons. The number of carbonyl (C=O) groups excluding carboxylic acids is 2. The first-order valence-corrected chi connectivity index (χ1v) is 6.88. The molecular formula is C17H18N2O3. The third-order valence-corrected chi connectivity index (χ3v) is 3.11. The van der Waals surface area contributed by atoms with Crippen molar-refractivity contribution in [1.29, 1.82) is 0 Å². The molecule has 0 aromatic heterocycles. The standard InChI is InChI=1S/C17H18N2O3/c1-12-7-9-13(10-8-12)18-11-16(20)19-15-6-4-3-5-14(15)17(21)22-2/h3-10,18H,11H2,1-2H3,(H,19,20). The lowest BCUT2D eigenvalue weighted by atomic mass is 10.2. The molecule has 0 bridgehead atoms. The molecule has 2 rings (SSSR count). The highest BCUT2D eigenvalue weighted by molar-refractivity contribution is 6.02.